The fraction of sp³-hybridized carbons (Fsp3) is 0.632. The fourth-order valence-corrected chi connectivity index (χ4v) is 3.46. The quantitative estimate of drug-likeness (QED) is 0.792. The van der Waals surface area contributed by atoms with E-state index in [1.165, 1.54) is 37.9 Å². The lowest BCUT2D eigenvalue weighted by atomic mass is 10.1. The summed E-state index contributed by atoms with van der Waals surface area (Å²) in [4.78, 5) is 14.8. The van der Waals surface area contributed by atoms with Gasteiger partial charge in [-0.1, -0.05) is 30.7 Å². The Morgan fingerprint density at radius 2 is 1.81 bits per heavy atom. The van der Waals surface area contributed by atoms with Crippen LogP contribution >= 0.6 is 24.8 Å². The molecule has 5 nitrogen and oxygen atoms in total. The van der Waals surface area contributed by atoms with Crippen LogP contribution in [0.3, 0.4) is 0 Å². The first-order valence-corrected chi connectivity index (χ1v) is 9.15. The molecule has 1 aromatic carbocycles. The summed E-state index contributed by atoms with van der Waals surface area (Å²) in [6, 6.07) is 8.35. The molecule has 2 atom stereocenters. The second-order valence-corrected chi connectivity index (χ2v) is 6.88. The summed E-state index contributed by atoms with van der Waals surface area (Å²) in [5, 5.41) is 6.23. The molecule has 0 unspecified atom stereocenters. The number of ether oxygens (including phenoxy) is 1. The molecule has 2 aliphatic rings. The maximum atomic E-state index is 12.3. The van der Waals surface area contributed by atoms with E-state index < -0.39 is 0 Å². The Bertz CT molecular complexity index is 536. The predicted octanol–water partition coefficient (Wildman–Crippen LogP) is 2.51. The zero-order valence-corrected chi connectivity index (χ0v) is 17.0. The summed E-state index contributed by atoms with van der Waals surface area (Å²) in [5.41, 5.74) is 2.48. The summed E-state index contributed by atoms with van der Waals surface area (Å²) < 4.78 is 5.52. The van der Waals surface area contributed by atoms with Gasteiger partial charge in [-0.2, -0.15) is 0 Å². The lowest BCUT2D eigenvalue weighted by Crippen LogP contribution is -2.55. The molecule has 2 saturated heterocycles. The lowest BCUT2D eigenvalue weighted by Gasteiger charge is -2.29. The van der Waals surface area contributed by atoms with Crippen LogP contribution in [0.15, 0.2) is 24.3 Å². The van der Waals surface area contributed by atoms with Gasteiger partial charge in [-0.3, -0.25) is 9.69 Å². The number of rotatable bonds is 5. The number of nitrogens with one attached hydrogen (secondary N) is 2. The van der Waals surface area contributed by atoms with E-state index in [9.17, 15) is 4.79 Å². The van der Waals surface area contributed by atoms with Gasteiger partial charge in [-0.15, -0.1) is 24.8 Å². The minimum absolute atomic E-state index is 0. The van der Waals surface area contributed by atoms with Gasteiger partial charge in [0.25, 0.3) is 0 Å². The van der Waals surface area contributed by atoms with Crippen molar-refractivity contribution in [3.8, 4) is 0 Å². The molecule has 26 heavy (non-hydrogen) atoms. The topological polar surface area (TPSA) is 53.6 Å². The second-order valence-electron chi connectivity index (χ2n) is 6.88. The van der Waals surface area contributed by atoms with Crippen LogP contribution < -0.4 is 10.6 Å². The van der Waals surface area contributed by atoms with Gasteiger partial charge in [0.1, 0.15) is 6.04 Å². The minimum atomic E-state index is -0.253. The van der Waals surface area contributed by atoms with E-state index >= 15 is 0 Å². The van der Waals surface area contributed by atoms with Crippen molar-refractivity contribution in [3.05, 3.63) is 35.4 Å². The third kappa shape index (κ3) is 6.71. The Labute approximate surface area is 169 Å². The molecule has 2 heterocycles. The smallest absolute Gasteiger partial charge is 0.240 e. The maximum absolute atomic E-state index is 12.3. The lowest BCUT2D eigenvalue weighted by molar-refractivity contribution is -0.129. The molecule has 2 fully saturated rings. The van der Waals surface area contributed by atoms with Gasteiger partial charge in [-0.05, 0) is 44.0 Å². The average Bonchev–Trinajstić information content (AvgIpc) is 2.62. The van der Waals surface area contributed by atoms with Crippen LogP contribution in [0.5, 0.6) is 0 Å². The van der Waals surface area contributed by atoms with E-state index in [0.717, 1.165) is 18.7 Å². The highest BCUT2D eigenvalue weighted by Crippen LogP contribution is 2.13. The summed E-state index contributed by atoms with van der Waals surface area (Å²) in [7, 11) is 0. The van der Waals surface area contributed by atoms with Crippen molar-refractivity contribution in [2.24, 2.45) is 0 Å². The average molecular weight is 404 g/mol. The van der Waals surface area contributed by atoms with E-state index in [1.807, 2.05) is 6.92 Å². The van der Waals surface area contributed by atoms with Crippen molar-refractivity contribution >= 4 is 30.7 Å². The maximum Gasteiger partial charge on any atom is 0.240 e. The number of halogens is 2. The standard InChI is InChI=1S/C19H29N3O2.2ClH/c1-15-18(20-9-12-24-15)19(23)21-13-16-5-7-17(8-6-16)14-22-10-3-2-4-11-22;;/h5-8,15,18,20H,2-4,9-14H2,1H3,(H,21,23);2*1H/t15-,18+;;/m1../s1. The van der Waals surface area contributed by atoms with E-state index in [2.05, 4.69) is 39.8 Å². The molecule has 0 aliphatic carbocycles. The molecule has 2 N–H and O–H groups in total. The van der Waals surface area contributed by atoms with Gasteiger partial charge < -0.3 is 15.4 Å². The van der Waals surface area contributed by atoms with Gasteiger partial charge >= 0.3 is 0 Å². The summed E-state index contributed by atoms with van der Waals surface area (Å²) >= 11 is 0. The largest absolute Gasteiger partial charge is 0.375 e. The molecule has 1 amide bonds. The Kier molecular flexibility index (Phi) is 10.5. The third-order valence-corrected chi connectivity index (χ3v) is 4.94. The normalized spacial score (nSPS) is 23.4. The molecule has 0 saturated carbocycles. The first-order chi connectivity index (χ1) is 11.7. The fourth-order valence-electron chi connectivity index (χ4n) is 3.46. The monoisotopic (exact) mass is 403 g/mol. The Balaban J connectivity index is 0.00000169. The van der Waals surface area contributed by atoms with Crippen LogP contribution in [0, 0.1) is 0 Å². The van der Waals surface area contributed by atoms with Crippen molar-refractivity contribution in [3.63, 3.8) is 0 Å². The van der Waals surface area contributed by atoms with Crippen LogP contribution in [0.25, 0.3) is 0 Å². The highest BCUT2D eigenvalue weighted by molar-refractivity contribution is 5.85. The van der Waals surface area contributed by atoms with Gasteiger partial charge in [-0.25, -0.2) is 0 Å². The number of carbonyl (C=O) groups excluding carboxylic acids is 1. The van der Waals surface area contributed by atoms with Gasteiger partial charge in [0.2, 0.25) is 5.91 Å². The number of piperidine rings is 1. The molecule has 0 radical (unpaired) electrons. The van der Waals surface area contributed by atoms with Crippen molar-refractivity contribution in [2.45, 2.75) is 51.4 Å². The van der Waals surface area contributed by atoms with E-state index in [1.54, 1.807) is 0 Å². The number of benzene rings is 1. The SMILES string of the molecule is C[C@H]1OCCN[C@@H]1C(=O)NCc1ccc(CN2CCCCC2)cc1.Cl.Cl. The molecule has 7 heteroatoms. The van der Waals surface area contributed by atoms with Crippen molar-refractivity contribution < 1.29 is 9.53 Å². The Hall–Kier alpha value is -0.850. The zero-order valence-electron chi connectivity index (χ0n) is 15.4. The molecule has 148 valence electrons. The van der Waals surface area contributed by atoms with Crippen LogP contribution in [0.1, 0.15) is 37.3 Å². The summed E-state index contributed by atoms with van der Waals surface area (Å²) in [5.74, 6) is 0.0135. The summed E-state index contributed by atoms with van der Waals surface area (Å²) in [6.45, 7) is 7.36. The molecule has 0 spiro atoms. The number of nitrogens with zero attached hydrogens (tertiary/aromatic N) is 1. The van der Waals surface area contributed by atoms with Crippen molar-refractivity contribution in [1.82, 2.24) is 15.5 Å². The number of hydrogen-bond acceptors (Lipinski definition) is 4. The van der Waals surface area contributed by atoms with Crippen LogP contribution in [-0.2, 0) is 22.6 Å². The third-order valence-electron chi connectivity index (χ3n) is 4.94. The number of likely N-dealkylation sites (tertiary alicyclic amines) is 1. The van der Waals surface area contributed by atoms with Crippen LogP contribution in [0.4, 0.5) is 0 Å². The zero-order chi connectivity index (χ0) is 16.8. The number of carbonyl (C=O) groups is 1. The van der Waals surface area contributed by atoms with Crippen LogP contribution in [-0.4, -0.2) is 49.2 Å². The van der Waals surface area contributed by atoms with Gasteiger partial charge in [0, 0.05) is 19.6 Å². The Morgan fingerprint density at radius 1 is 1.15 bits per heavy atom. The molecule has 3 rings (SSSR count). The van der Waals surface area contributed by atoms with E-state index in [4.69, 9.17) is 4.74 Å². The molecule has 2 aliphatic heterocycles. The van der Waals surface area contributed by atoms with E-state index in [-0.39, 0.29) is 42.9 Å². The van der Waals surface area contributed by atoms with Crippen LogP contribution in [0.2, 0.25) is 0 Å². The first-order valence-electron chi connectivity index (χ1n) is 9.15. The van der Waals surface area contributed by atoms with Gasteiger partial charge in [0.05, 0.1) is 12.7 Å². The van der Waals surface area contributed by atoms with E-state index in [0.29, 0.717) is 13.2 Å². The predicted molar refractivity (Wildman–Crippen MR) is 109 cm³/mol. The molecular formula is C19H31Cl2N3O2. The summed E-state index contributed by atoms with van der Waals surface area (Å²) in [6.07, 6.45) is 3.93. The van der Waals surface area contributed by atoms with Crippen molar-refractivity contribution in [1.29, 1.82) is 0 Å². The minimum Gasteiger partial charge on any atom is -0.375 e. The highest BCUT2D eigenvalue weighted by atomic mass is 35.5. The molecule has 1 aromatic rings. The molecular weight excluding hydrogens is 373 g/mol. The number of hydrogen-bond donors (Lipinski definition) is 2. The van der Waals surface area contributed by atoms with Crippen molar-refractivity contribution in [2.75, 3.05) is 26.2 Å². The van der Waals surface area contributed by atoms with Gasteiger partial charge in [0.15, 0.2) is 0 Å². The Morgan fingerprint density at radius 3 is 2.46 bits per heavy atom. The molecule has 0 aromatic heterocycles. The number of amides is 1. The molecule has 0 bridgehead atoms. The highest BCUT2D eigenvalue weighted by Gasteiger charge is 2.27. The number of morpholine rings is 1. The second kappa shape index (κ2) is 11.8. The first kappa shape index (κ1) is 23.2.